The van der Waals surface area contributed by atoms with Gasteiger partial charge < -0.3 is 0 Å². The summed E-state index contributed by atoms with van der Waals surface area (Å²) in [5, 5.41) is 9.57. The van der Waals surface area contributed by atoms with E-state index in [1.807, 2.05) is 18.2 Å². The lowest BCUT2D eigenvalue weighted by molar-refractivity contribution is 1.12. The molecule has 0 fully saturated rings. The lowest BCUT2D eigenvalue weighted by Gasteiger charge is -1.95. The third-order valence-corrected chi connectivity index (χ3v) is 3.32. The van der Waals surface area contributed by atoms with Crippen LogP contribution in [-0.2, 0) is 0 Å². The Hall–Kier alpha value is -1.48. The van der Waals surface area contributed by atoms with Gasteiger partial charge in [0.1, 0.15) is 5.52 Å². The summed E-state index contributed by atoms with van der Waals surface area (Å²) in [6.45, 7) is 2.10. The zero-order valence-electron chi connectivity index (χ0n) is 7.69. The number of aromatic nitrogens is 2. The molecule has 0 N–H and O–H groups in total. The van der Waals surface area contributed by atoms with Gasteiger partial charge in [0.05, 0.1) is 10.2 Å². The van der Waals surface area contributed by atoms with Crippen molar-refractivity contribution in [3.63, 3.8) is 0 Å². The maximum absolute atomic E-state index is 4.19. The number of thiophene rings is 1. The normalized spacial score (nSPS) is 11.2. The molecule has 0 amide bonds. The number of benzene rings is 1. The van der Waals surface area contributed by atoms with E-state index in [0.717, 1.165) is 11.0 Å². The third kappa shape index (κ3) is 1.02. The van der Waals surface area contributed by atoms with Gasteiger partial charge in [-0.3, -0.25) is 0 Å². The molecule has 0 atom stereocenters. The molecule has 1 aromatic carbocycles. The van der Waals surface area contributed by atoms with E-state index in [4.69, 9.17) is 0 Å². The number of hydrogen-bond acceptors (Lipinski definition) is 3. The van der Waals surface area contributed by atoms with Gasteiger partial charge in [-0.25, -0.2) is 0 Å². The van der Waals surface area contributed by atoms with Crippen LogP contribution in [0.15, 0.2) is 30.3 Å². The predicted molar refractivity (Wildman–Crippen MR) is 59.7 cm³/mol. The summed E-state index contributed by atoms with van der Waals surface area (Å²) < 4.78 is 1.24. The smallest absolute Gasteiger partial charge is 0.105 e. The molecule has 2 heterocycles. The topological polar surface area (TPSA) is 25.8 Å². The fourth-order valence-electron chi connectivity index (χ4n) is 1.63. The van der Waals surface area contributed by atoms with Gasteiger partial charge in [-0.05, 0) is 19.1 Å². The van der Waals surface area contributed by atoms with Crippen LogP contribution >= 0.6 is 11.3 Å². The Bertz CT molecular complexity index is 613. The Morgan fingerprint density at radius 3 is 2.79 bits per heavy atom. The summed E-state index contributed by atoms with van der Waals surface area (Å²) in [5.41, 5.74) is 1.98. The first-order valence-electron chi connectivity index (χ1n) is 4.46. The Labute approximate surface area is 85.2 Å². The predicted octanol–water partition coefficient (Wildman–Crippen LogP) is 3.15. The molecule has 3 aromatic rings. The lowest BCUT2D eigenvalue weighted by Crippen LogP contribution is -1.82. The second kappa shape index (κ2) is 2.75. The van der Waals surface area contributed by atoms with Gasteiger partial charge in [0.2, 0.25) is 0 Å². The standard InChI is InChI=1S/C11H8N2S/c1-7-6-10-11(14-7)8-4-2-3-5-9(8)12-13-10/h2-6H,1H3. The molecular formula is C11H8N2S. The maximum Gasteiger partial charge on any atom is 0.105 e. The van der Waals surface area contributed by atoms with Gasteiger partial charge in [0.15, 0.2) is 0 Å². The van der Waals surface area contributed by atoms with E-state index in [0.29, 0.717) is 0 Å². The van der Waals surface area contributed by atoms with E-state index < -0.39 is 0 Å². The van der Waals surface area contributed by atoms with Crippen molar-refractivity contribution in [2.75, 3.05) is 0 Å². The summed E-state index contributed by atoms with van der Waals surface area (Å²) in [5.74, 6) is 0. The average molecular weight is 200 g/mol. The summed E-state index contributed by atoms with van der Waals surface area (Å²) in [6, 6.07) is 10.2. The monoisotopic (exact) mass is 200 g/mol. The van der Waals surface area contributed by atoms with Crippen molar-refractivity contribution in [1.82, 2.24) is 10.2 Å². The van der Waals surface area contributed by atoms with Crippen LogP contribution in [0.1, 0.15) is 4.88 Å². The van der Waals surface area contributed by atoms with Crippen LogP contribution in [0.3, 0.4) is 0 Å². The summed E-state index contributed by atoms with van der Waals surface area (Å²) in [4.78, 5) is 1.28. The van der Waals surface area contributed by atoms with Gasteiger partial charge in [-0.15, -0.1) is 21.5 Å². The number of aryl methyl sites for hydroxylation is 1. The molecule has 0 saturated heterocycles. The SMILES string of the molecule is Cc1cc2nnc3ccccc3c2s1. The zero-order valence-corrected chi connectivity index (χ0v) is 8.51. The number of rotatable bonds is 0. The summed E-state index contributed by atoms with van der Waals surface area (Å²) >= 11 is 1.78. The van der Waals surface area contributed by atoms with Crippen LogP contribution in [0.2, 0.25) is 0 Å². The molecule has 0 aliphatic heterocycles. The molecule has 68 valence electrons. The fourth-order valence-corrected chi connectivity index (χ4v) is 2.61. The highest BCUT2D eigenvalue weighted by Gasteiger charge is 2.04. The molecule has 0 radical (unpaired) electrons. The zero-order chi connectivity index (χ0) is 9.54. The number of nitrogens with zero attached hydrogens (tertiary/aromatic N) is 2. The first kappa shape index (κ1) is 7.88. The lowest BCUT2D eigenvalue weighted by atomic mass is 10.2. The van der Waals surface area contributed by atoms with E-state index in [2.05, 4.69) is 29.3 Å². The molecule has 0 aliphatic carbocycles. The summed E-state index contributed by atoms with van der Waals surface area (Å²) in [7, 11) is 0. The third-order valence-electron chi connectivity index (χ3n) is 2.25. The van der Waals surface area contributed by atoms with Gasteiger partial charge in [0.25, 0.3) is 0 Å². The summed E-state index contributed by atoms with van der Waals surface area (Å²) in [6.07, 6.45) is 0. The van der Waals surface area contributed by atoms with Crippen molar-refractivity contribution in [2.24, 2.45) is 0 Å². The molecule has 14 heavy (non-hydrogen) atoms. The highest BCUT2D eigenvalue weighted by atomic mass is 32.1. The molecule has 0 bridgehead atoms. The molecule has 3 heteroatoms. The second-order valence-electron chi connectivity index (χ2n) is 3.29. The van der Waals surface area contributed by atoms with Gasteiger partial charge in [0, 0.05) is 10.3 Å². The van der Waals surface area contributed by atoms with Crippen molar-refractivity contribution < 1.29 is 0 Å². The van der Waals surface area contributed by atoms with Crippen LogP contribution in [0, 0.1) is 6.92 Å². The number of fused-ring (bicyclic) bond motifs is 3. The van der Waals surface area contributed by atoms with Gasteiger partial charge >= 0.3 is 0 Å². The Balaban J connectivity index is 2.60. The molecule has 0 aliphatic rings. The van der Waals surface area contributed by atoms with Gasteiger partial charge in [-0.1, -0.05) is 18.2 Å². The van der Waals surface area contributed by atoms with E-state index in [9.17, 15) is 0 Å². The van der Waals surface area contributed by atoms with Crippen LogP contribution in [0.4, 0.5) is 0 Å². The molecule has 2 aromatic heterocycles. The van der Waals surface area contributed by atoms with Crippen molar-refractivity contribution in [2.45, 2.75) is 6.92 Å². The molecule has 2 nitrogen and oxygen atoms in total. The van der Waals surface area contributed by atoms with Gasteiger partial charge in [-0.2, -0.15) is 0 Å². The quantitative estimate of drug-likeness (QED) is 0.557. The Morgan fingerprint density at radius 2 is 1.86 bits per heavy atom. The first-order chi connectivity index (χ1) is 6.84. The van der Waals surface area contributed by atoms with Crippen LogP contribution in [0.5, 0.6) is 0 Å². The average Bonchev–Trinajstić information content (AvgIpc) is 2.59. The molecule has 0 spiro atoms. The fraction of sp³-hybridized carbons (Fsp3) is 0.0909. The second-order valence-corrected chi connectivity index (χ2v) is 4.54. The first-order valence-corrected chi connectivity index (χ1v) is 5.28. The molecule has 0 unspecified atom stereocenters. The molecule has 3 rings (SSSR count). The van der Waals surface area contributed by atoms with E-state index in [1.54, 1.807) is 11.3 Å². The van der Waals surface area contributed by atoms with Crippen LogP contribution < -0.4 is 0 Å². The highest BCUT2D eigenvalue weighted by Crippen LogP contribution is 2.28. The molecular weight excluding hydrogens is 192 g/mol. The maximum atomic E-state index is 4.19. The highest BCUT2D eigenvalue weighted by molar-refractivity contribution is 7.19. The number of hydrogen-bond donors (Lipinski definition) is 0. The van der Waals surface area contributed by atoms with Crippen molar-refractivity contribution in [3.8, 4) is 0 Å². The minimum absolute atomic E-state index is 0.974. The van der Waals surface area contributed by atoms with Crippen molar-refractivity contribution >= 4 is 32.5 Å². The minimum atomic E-state index is 0.974. The largest absolute Gasteiger partial charge is 0.150 e. The van der Waals surface area contributed by atoms with E-state index in [-0.39, 0.29) is 0 Å². The van der Waals surface area contributed by atoms with E-state index >= 15 is 0 Å². The Kier molecular flexibility index (Phi) is 1.55. The van der Waals surface area contributed by atoms with Crippen LogP contribution in [0.25, 0.3) is 21.1 Å². The van der Waals surface area contributed by atoms with E-state index in [1.165, 1.54) is 15.0 Å². The molecule has 0 saturated carbocycles. The van der Waals surface area contributed by atoms with Crippen molar-refractivity contribution in [3.05, 3.63) is 35.2 Å². The minimum Gasteiger partial charge on any atom is -0.150 e. The Morgan fingerprint density at radius 1 is 1.07 bits per heavy atom. The van der Waals surface area contributed by atoms with Crippen molar-refractivity contribution in [1.29, 1.82) is 0 Å². The van der Waals surface area contributed by atoms with Crippen LogP contribution in [-0.4, -0.2) is 10.2 Å².